The van der Waals surface area contributed by atoms with Gasteiger partial charge in [-0.25, -0.2) is 8.78 Å². The van der Waals surface area contributed by atoms with Crippen LogP contribution in [0.4, 0.5) is 8.78 Å². The molecule has 0 bridgehead atoms. The van der Waals surface area contributed by atoms with Crippen molar-refractivity contribution >= 4 is 5.91 Å². The van der Waals surface area contributed by atoms with E-state index >= 15 is 0 Å². The Morgan fingerprint density at radius 2 is 1.80 bits per heavy atom. The van der Waals surface area contributed by atoms with Crippen LogP contribution in [0.1, 0.15) is 15.9 Å². The Labute approximate surface area is 145 Å². The molecule has 1 amide bonds. The van der Waals surface area contributed by atoms with Gasteiger partial charge in [0.1, 0.15) is 5.75 Å². The fourth-order valence-corrected chi connectivity index (χ4v) is 2.96. The highest BCUT2D eigenvalue weighted by Crippen LogP contribution is 2.18. The van der Waals surface area contributed by atoms with Crippen LogP contribution >= 0.6 is 0 Å². The van der Waals surface area contributed by atoms with Crippen LogP contribution in [0.3, 0.4) is 0 Å². The van der Waals surface area contributed by atoms with Gasteiger partial charge in [-0.05, 0) is 24.3 Å². The van der Waals surface area contributed by atoms with Gasteiger partial charge >= 0.3 is 0 Å². The van der Waals surface area contributed by atoms with Gasteiger partial charge in [0.25, 0.3) is 5.91 Å². The van der Waals surface area contributed by atoms with E-state index in [9.17, 15) is 13.6 Å². The average Bonchev–Trinajstić information content (AvgIpc) is 2.65. The van der Waals surface area contributed by atoms with Gasteiger partial charge in [0.05, 0.1) is 7.11 Å². The Morgan fingerprint density at radius 3 is 2.52 bits per heavy atom. The third-order valence-corrected chi connectivity index (χ3v) is 4.40. The van der Waals surface area contributed by atoms with Crippen molar-refractivity contribution in [2.24, 2.45) is 0 Å². The summed E-state index contributed by atoms with van der Waals surface area (Å²) in [5.74, 6) is -1.02. The monoisotopic (exact) mass is 346 g/mol. The molecular formula is C19H20F2N2O2. The molecule has 3 rings (SSSR count). The van der Waals surface area contributed by atoms with Gasteiger partial charge < -0.3 is 9.64 Å². The third-order valence-electron chi connectivity index (χ3n) is 4.40. The van der Waals surface area contributed by atoms with Gasteiger partial charge in [0, 0.05) is 43.9 Å². The maximum absolute atomic E-state index is 13.8. The van der Waals surface area contributed by atoms with Crippen LogP contribution in [0.15, 0.2) is 42.5 Å². The molecular weight excluding hydrogens is 326 g/mol. The van der Waals surface area contributed by atoms with Gasteiger partial charge in [-0.1, -0.05) is 18.2 Å². The number of methoxy groups -OCH3 is 1. The Hall–Kier alpha value is -2.47. The molecule has 0 N–H and O–H groups in total. The van der Waals surface area contributed by atoms with E-state index in [2.05, 4.69) is 0 Å². The molecule has 0 aliphatic carbocycles. The highest BCUT2D eigenvalue weighted by Gasteiger charge is 2.23. The van der Waals surface area contributed by atoms with Crippen LogP contribution in [0, 0.1) is 11.6 Å². The SMILES string of the molecule is COc1cccc(C(=O)N2CCN(Cc3cccc(F)c3F)CC2)c1. The number of rotatable bonds is 4. The van der Waals surface area contributed by atoms with Gasteiger partial charge in [0.15, 0.2) is 11.6 Å². The number of hydrogen-bond donors (Lipinski definition) is 0. The van der Waals surface area contributed by atoms with E-state index in [-0.39, 0.29) is 5.91 Å². The van der Waals surface area contributed by atoms with Crippen LogP contribution in [-0.4, -0.2) is 49.0 Å². The number of nitrogens with zero attached hydrogens (tertiary/aromatic N) is 2. The van der Waals surface area contributed by atoms with E-state index in [1.807, 2.05) is 4.90 Å². The molecule has 25 heavy (non-hydrogen) atoms. The molecule has 132 valence electrons. The predicted octanol–water partition coefficient (Wildman–Crippen LogP) is 2.93. The molecule has 0 atom stereocenters. The van der Waals surface area contributed by atoms with Crippen molar-refractivity contribution in [3.8, 4) is 5.75 Å². The second-order valence-electron chi connectivity index (χ2n) is 6.01. The molecule has 1 saturated heterocycles. The van der Waals surface area contributed by atoms with Crippen molar-refractivity contribution < 1.29 is 18.3 Å². The van der Waals surface area contributed by atoms with Crippen LogP contribution in [0.25, 0.3) is 0 Å². The lowest BCUT2D eigenvalue weighted by atomic mass is 10.1. The fraction of sp³-hybridized carbons (Fsp3) is 0.316. The first-order chi connectivity index (χ1) is 12.1. The third kappa shape index (κ3) is 3.96. The average molecular weight is 346 g/mol. The summed E-state index contributed by atoms with van der Waals surface area (Å²) in [6.07, 6.45) is 0. The van der Waals surface area contributed by atoms with Gasteiger partial charge in [-0.15, -0.1) is 0 Å². The zero-order chi connectivity index (χ0) is 17.8. The number of halogens is 2. The summed E-state index contributed by atoms with van der Waals surface area (Å²) in [6.45, 7) is 2.67. The van der Waals surface area contributed by atoms with E-state index in [0.717, 1.165) is 6.07 Å². The Morgan fingerprint density at radius 1 is 1.08 bits per heavy atom. The summed E-state index contributed by atoms with van der Waals surface area (Å²) in [4.78, 5) is 16.4. The number of benzene rings is 2. The molecule has 1 aliphatic rings. The van der Waals surface area contributed by atoms with Crippen LogP contribution in [0.2, 0.25) is 0 Å². The maximum atomic E-state index is 13.8. The van der Waals surface area contributed by atoms with Crippen molar-refractivity contribution in [1.82, 2.24) is 9.80 Å². The van der Waals surface area contributed by atoms with E-state index in [1.54, 1.807) is 42.3 Å². The van der Waals surface area contributed by atoms with Crippen LogP contribution in [0.5, 0.6) is 5.75 Å². The molecule has 2 aromatic rings. The van der Waals surface area contributed by atoms with E-state index in [4.69, 9.17) is 4.74 Å². The smallest absolute Gasteiger partial charge is 0.254 e. The van der Waals surface area contributed by atoms with Crippen molar-refractivity contribution in [3.05, 3.63) is 65.2 Å². The molecule has 2 aromatic carbocycles. The van der Waals surface area contributed by atoms with Crippen molar-refractivity contribution in [3.63, 3.8) is 0 Å². The van der Waals surface area contributed by atoms with Crippen LogP contribution < -0.4 is 4.74 Å². The molecule has 0 unspecified atom stereocenters. The summed E-state index contributed by atoms with van der Waals surface area (Å²) in [5.41, 5.74) is 0.927. The number of amides is 1. The maximum Gasteiger partial charge on any atom is 0.254 e. The quantitative estimate of drug-likeness (QED) is 0.853. The first kappa shape index (κ1) is 17.4. The zero-order valence-electron chi connectivity index (χ0n) is 14.0. The molecule has 0 radical (unpaired) electrons. The number of carbonyl (C=O) groups excluding carboxylic acids is 1. The summed E-state index contributed by atoms with van der Waals surface area (Å²) in [6, 6.07) is 11.3. The molecule has 6 heteroatoms. The number of piperazine rings is 1. The number of ether oxygens (including phenoxy) is 1. The number of hydrogen-bond acceptors (Lipinski definition) is 3. The Kier molecular flexibility index (Phi) is 5.28. The van der Waals surface area contributed by atoms with E-state index in [1.165, 1.54) is 6.07 Å². The Balaban J connectivity index is 1.59. The number of carbonyl (C=O) groups is 1. The first-order valence-corrected chi connectivity index (χ1v) is 8.17. The van der Waals surface area contributed by atoms with Crippen molar-refractivity contribution in [2.45, 2.75) is 6.54 Å². The lowest BCUT2D eigenvalue weighted by Crippen LogP contribution is -2.48. The molecule has 1 aliphatic heterocycles. The molecule has 0 saturated carbocycles. The summed E-state index contributed by atoms with van der Waals surface area (Å²) >= 11 is 0. The highest BCUT2D eigenvalue weighted by molar-refractivity contribution is 5.94. The molecule has 0 aromatic heterocycles. The second kappa shape index (κ2) is 7.61. The predicted molar refractivity (Wildman–Crippen MR) is 90.5 cm³/mol. The lowest BCUT2D eigenvalue weighted by Gasteiger charge is -2.34. The van der Waals surface area contributed by atoms with E-state index in [0.29, 0.717) is 49.6 Å². The first-order valence-electron chi connectivity index (χ1n) is 8.17. The van der Waals surface area contributed by atoms with E-state index < -0.39 is 11.6 Å². The molecule has 1 heterocycles. The molecule has 0 spiro atoms. The highest BCUT2D eigenvalue weighted by atomic mass is 19.2. The van der Waals surface area contributed by atoms with Crippen LogP contribution in [-0.2, 0) is 6.54 Å². The minimum Gasteiger partial charge on any atom is -0.497 e. The topological polar surface area (TPSA) is 32.8 Å². The van der Waals surface area contributed by atoms with Crippen molar-refractivity contribution in [2.75, 3.05) is 33.3 Å². The summed E-state index contributed by atoms with van der Waals surface area (Å²) in [7, 11) is 1.56. The molecule has 4 nitrogen and oxygen atoms in total. The fourth-order valence-electron chi connectivity index (χ4n) is 2.96. The van der Waals surface area contributed by atoms with Gasteiger partial charge in [0.2, 0.25) is 0 Å². The standard InChI is InChI=1S/C19H20F2N2O2/c1-25-16-6-2-4-14(12-16)19(24)23-10-8-22(9-11-23)13-15-5-3-7-17(20)18(15)21/h2-7,12H,8-11,13H2,1H3. The lowest BCUT2D eigenvalue weighted by molar-refractivity contribution is 0.0626. The summed E-state index contributed by atoms with van der Waals surface area (Å²) < 4.78 is 32.2. The zero-order valence-corrected chi connectivity index (χ0v) is 14.0. The van der Waals surface area contributed by atoms with Gasteiger partial charge in [-0.2, -0.15) is 0 Å². The molecule has 1 fully saturated rings. The van der Waals surface area contributed by atoms with Gasteiger partial charge in [-0.3, -0.25) is 9.69 Å². The minimum absolute atomic E-state index is 0.0458. The largest absolute Gasteiger partial charge is 0.497 e. The minimum atomic E-state index is -0.829. The second-order valence-corrected chi connectivity index (χ2v) is 6.01. The van der Waals surface area contributed by atoms with Crippen molar-refractivity contribution in [1.29, 1.82) is 0 Å². The Bertz CT molecular complexity index is 759. The normalized spacial score (nSPS) is 15.2. The summed E-state index contributed by atoms with van der Waals surface area (Å²) in [5, 5.41) is 0.